The van der Waals surface area contributed by atoms with E-state index in [1.807, 2.05) is 48.5 Å². The van der Waals surface area contributed by atoms with Crippen molar-refractivity contribution in [2.45, 2.75) is 0 Å². The molecular weight excluding hydrogens is 408 g/mol. The van der Waals surface area contributed by atoms with Crippen molar-refractivity contribution in [1.82, 2.24) is 15.0 Å². The van der Waals surface area contributed by atoms with Crippen molar-refractivity contribution >= 4 is 22.6 Å². The average molecular weight is 424 g/mol. The molecule has 0 fully saturated rings. The van der Waals surface area contributed by atoms with E-state index in [0.717, 1.165) is 22.4 Å². The number of carboxylic acids is 1. The number of nitrogens with zero attached hydrogens (tertiary/aromatic N) is 3. The number of benzene rings is 3. The highest BCUT2D eigenvalue weighted by atomic mass is 16.4. The molecule has 0 unspecified atom stereocenters. The van der Waals surface area contributed by atoms with E-state index in [4.69, 9.17) is 15.3 Å². The summed E-state index contributed by atoms with van der Waals surface area (Å²) in [5, 5.41) is 18.1. The van der Waals surface area contributed by atoms with Crippen LogP contribution in [0.15, 0.2) is 88.2 Å². The Morgan fingerprint density at radius 1 is 0.906 bits per heavy atom. The Labute approximate surface area is 181 Å². The van der Waals surface area contributed by atoms with Crippen LogP contribution in [0.2, 0.25) is 0 Å². The van der Waals surface area contributed by atoms with Gasteiger partial charge in [0.15, 0.2) is 0 Å². The van der Waals surface area contributed by atoms with Gasteiger partial charge in [-0.05, 0) is 47.5 Å². The first-order valence-corrected chi connectivity index (χ1v) is 9.68. The molecule has 8 nitrogen and oxygen atoms in total. The van der Waals surface area contributed by atoms with Gasteiger partial charge in [-0.15, -0.1) is 5.10 Å². The lowest BCUT2D eigenvalue weighted by atomic mass is 10.0. The van der Waals surface area contributed by atoms with Crippen LogP contribution in [0, 0.1) is 0 Å². The van der Waals surface area contributed by atoms with E-state index < -0.39 is 17.2 Å². The van der Waals surface area contributed by atoms with Crippen molar-refractivity contribution < 1.29 is 14.3 Å². The van der Waals surface area contributed by atoms with Gasteiger partial charge in [-0.2, -0.15) is 0 Å². The molecule has 2 heterocycles. The molecule has 0 aliphatic heterocycles. The number of rotatable bonds is 4. The highest BCUT2D eigenvalue weighted by Crippen LogP contribution is 2.25. The Bertz CT molecular complexity index is 1520. The van der Waals surface area contributed by atoms with Crippen molar-refractivity contribution in [3.05, 3.63) is 95.0 Å². The molecule has 0 saturated carbocycles. The maximum Gasteiger partial charge on any atom is 0.351 e. The number of carbonyl (C=O) groups is 1. The molecule has 2 aromatic heterocycles. The molecule has 156 valence electrons. The maximum atomic E-state index is 11.7. The summed E-state index contributed by atoms with van der Waals surface area (Å²) in [5.41, 5.74) is 9.82. The summed E-state index contributed by atoms with van der Waals surface area (Å²) in [6.07, 6.45) is 1.77. The third-order valence-electron chi connectivity index (χ3n) is 5.13. The first kappa shape index (κ1) is 19.3. The summed E-state index contributed by atoms with van der Waals surface area (Å²) in [7, 11) is 0. The first-order chi connectivity index (χ1) is 15.5. The molecule has 8 heteroatoms. The van der Waals surface area contributed by atoms with Gasteiger partial charge in [0.25, 0.3) is 0 Å². The van der Waals surface area contributed by atoms with Crippen LogP contribution in [0.1, 0.15) is 10.4 Å². The lowest BCUT2D eigenvalue weighted by molar-refractivity contribution is 0.0692. The molecule has 0 bridgehead atoms. The van der Waals surface area contributed by atoms with Crippen LogP contribution in [0.25, 0.3) is 39.0 Å². The second-order valence-electron chi connectivity index (χ2n) is 7.22. The van der Waals surface area contributed by atoms with Crippen LogP contribution in [-0.2, 0) is 0 Å². The van der Waals surface area contributed by atoms with E-state index >= 15 is 0 Å². The average Bonchev–Trinajstić information content (AvgIpc) is 3.29. The molecule has 5 rings (SSSR count). The van der Waals surface area contributed by atoms with Crippen LogP contribution in [-0.4, -0.2) is 26.1 Å². The van der Waals surface area contributed by atoms with Gasteiger partial charge in [-0.1, -0.05) is 41.6 Å². The summed E-state index contributed by atoms with van der Waals surface area (Å²) in [5.74, 6) is -1.34. The molecular formula is C24H16N4O4. The fraction of sp³-hybridized carbons (Fsp3) is 0. The lowest BCUT2D eigenvalue weighted by Crippen LogP contribution is -2.12. The van der Waals surface area contributed by atoms with Crippen LogP contribution in [0.4, 0.5) is 5.69 Å². The molecule has 0 atom stereocenters. The van der Waals surface area contributed by atoms with Gasteiger partial charge < -0.3 is 15.3 Å². The van der Waals surface area contributed by atoms with Crippen molar-refractivity contribution in [3.63, 3.8) is 0 Å². The zero-order chi connectivity index (χ0) is 22.2. The van der Waals surface area contributed by atoms with Gasteiger partial charge in [0, 0.05) is 16.6 Å². The second kappa shape index (κ2) is 7.51. The van der Waals surface area contributed by atoms with Crippen LogP contribution in [0.3, 0.4) is 0 Å². The molecule has 5 aromatic rings. The van der Waals surface area contributed by atoms with Gasteiger partial charge in [0.05, 0.1) is 11.9 Å². The molecule has 0 spiro atoms. The summed E-state index contributed by atoms with van der Waals surface area (Å²) >= 11 is 0. The van der Waals surface area contributed by atoms with Gasteiger partial charge in [-0.3, -0.25) is 0 Å². The smallest absolute Gasteiger partial charge is 0.351 e. The predicted octanol–water partition coefficient (Wildman–Crippen LogP) is 3.99. The minimum Gasteiger partial charge on any atom is -0.477 e. The van der Waals surface area contributed by atoms with E-state index in [2.05, 4.69) is 10.3 Å². The third-order valence-corrected chi connectivity index (χ3v) is 5.13. The number of hydrogen-bond donors (Lipinski definition) is 2. The number of nitrogen functional groups attached to an aromatic ring is 1. The number of aromatic nitrogens is 3. The minimum absolute atomic E-state index is 0.294. The lowest BCUT2D eigenvalue weighted by Gasteiger charge is -2.04. The third kappa shape index (κ3) is 3.50. The first-order valence-electron chi connectivity index (χ1n) is 9.68. The van der Waals surface area contributed by atoms with E-state index in [9.17, 15) is 9.59 Å². The zero-order valence-corrected chi connectivity index (χ0v) is 16.6. The Morgan fingerprint density at radius 3 is 2.25 bits per heavy atom. The summed E-state index contributed by atoms with van der Waals surface area (Å²) < 4.78 is 6.66. The van der Waals surface area contributed by atoms with Crippen LogP contribution in [0.5, 0.6) is 0 Å². The molecule has 0 radical (unpaired) electrons. The molecule has 0 saturated heterocycles. The minimum atomic E-state index is -1.34. The highest BCUT2D eigenvalue weighted by Gasteiger charge is 2.13. The van der Waals surface area contributed by atoms with Crippen molar-refractivity contribution in [2.24, 2.45) is 0 Å². The van der Waals surface area contributed by atoms with E-state index in [0.29, 0.717) is 22.4 Å². The van der Waals surface area contributed by atoms with Crippen molar-refractivity contribution in [3.8, 4) is 28.1 Å². The number of carboxylic acid groups (broad SMARTS) is 1. The molecule has 0 aliphatic rings. The van der Waals surface area contributed by atoms with Crippen molar-refractivity contribution in [2.75, 3.05) is 5.73 Å². The second-order valence-corrected chi connectivity index (χ2v) is 7.22. The number of nitrogens with two attached hydrogens (primary N) is 1. The molecule has 32 heavy (non-hydrogen) atoms. The van der Waals surface area contributed by atoms with Crippen LogP contribution < -0.4 is 11.4 Å². The fourth-order valence-corrected chi connectivity index (χ4v) is 3.43. The SMILES string of the molecule is Nc1ccc(-c2ccc(-c3cn(-c4ccc5oc(=O)c(C(=O)O)cc5c4)nn3)cc2)cc1. The van der Waals surface area contributed by atoms with Gasteiger partial charge in [0.1, 0.15) is 16.8 Å². The highest BCUT2D eigenvalue weighted by molar-refractivity contribution is 5.92. The molecule has 0 amide bonds. The molecule has 3 N–H and O–H groups in total. The molecule has 0 aliphatic carbocycles. The standard InChI is InChI=1S/C24H16N4O4/c25-18-7-5-15(6-8-18)14-1-3-16(4-2-14)21-13-28(27-26-21)19-9-10-22-17(11-19)12-20(23(29)30)24(31)32-22/h1-13H,25H2,(H,29,30). The van der Waals surface area contributed by atoms with Gasteiger partial charge in [0.2, 0.25) is 0 Å². The van der Waals surface area contributed by atoms with E-state index in [1.165, 1.54) is 6.07 Å². The Morgan fingerprint density at radius 2 is 1.56 bits per heavy atom. The normalized spacial score (nSPS) is 11.0. The van der Waals surface area contributed by atoms with Gasteiger partial charge in [-0.25, -0.2) is 14.3 Å². The zero-order valence-electron chi connectivity index (χ0n) is 16.6. The molecule has 3 aromatic carbocycles. The quantitative estimate of drug-likeness (QED) is 0.330. The Kier molecular flexibility index (Phi) is 4.52. The topological polar surface area (TPSA) is 124 Å². The number of aromatic carboxylic acids is 1. The fourth-order valence-electron chi connectivity index (χ4n) is 3.43. The van der Waals surface area contributed by atoms with Gasteiger partial charge >= 0.3 is 11.6 Å². The van der Waals surface area contributed by atoms with E-state index in [1.54, 1.807) is 29.1 Å². The monoisotopic (exact) mass is 424 g/mol. The van der Waals surface area contributed by atoms with Crippen molar-refractivity contribution in [1.29, 1.82) is 0 Å². The predicted molar refractivity (Wildman–Crippen MR) is 120 cm³/mol. The Balaban J connectivity index is 1.46. The number of fused-ring (bicyclic) bond motifs is 1. The van der Waals surface area contributed by atoms with E-state index in [-0.39, 0.29) is 0 Å². The van der Waals surface area contributed by atoms with Crippen LogP contribution >= 0.6 is 0 Å². The largest absolute Gasteiger partial charge is 0.477 e. The number of hydrogen-bond acceptors (Lipinski definition) is 6. The summed E-state index contributed by atoms with van der Waals surface area (Å²) in [4.78, 5) is 23.0. The Hall–Kier alpha value is -4.72. The summed E-state index contributed by atoms with van der Waals surface area (Å²) in [6.45, 7) is 0. The maximum absolute atomic E-state index is 11.7. The number of anilines is 1. The summed E-state index contributed by atoms with van der Waals surface area (Å²) in [6, 6.07) is 21.9.